The van der Waals surface area contributed by atoms with Crippen LogP contribution in [0.15, 0.2) is 12.1 Å². The summed E-state index contributed by atoms with van der Waals surface area (Å²) in [7, 11) is 2.94. The summed E-state index contributed by atoms with van der Waals surface area (Å²) < 4.78 is 10.2. The summed E-state index contributed by atoms with van der Waals surface area (Å²) in [5, 5.41) is 14.1. The van der Waals surface area contributed by atoms with Gasteiger partial charge in [-0.25, -0.2) is 4.79 Å². The van der Waals surface area contributed by atoms with Gasteiger partial charge in [0.2, 0.25) is 0 Å². The summed E-state index contributed by atoms with van der Waals surface area (Å²) >= 11 is 0. The average Bonchev–Trinajstić information content (AvgIpc) is 3.21. The van der Waals surface area contributed by atoms with Gasteiger partial charge in [-0.3, -0.25) is 10.1 Å². The fraction of sp³-hybridized carbons (Fsp3) is 0.462. The molecule has 0 aromatic heterocycles. The van der Waals surface area contributed by atoms with Crippen molar-refractivity contribution in [1.82, 2.24) is 5.32 Å². The summed E-state index contributed by atoms with van der Waals surface area (Å²) in [4.78, 5) is 22.4. The van der Waals surface area contributed by atoms with Crippen LogP contribution < -0.4 is 10.1 Å². The van der Waals surface area contributed by atoms with Gasteiger partial charge >= 0.3 is 11.7 Å². The van der Waals surface area contributed by atoms with Gasteiger partial charge in [-0.15, -0.1) is 0 Å². The maximum absolute atomic E-state index is 11.6. The number of nitrogens with zero attached hydrogens (tertiary/aromatic N) is 1. The van der Waals surface area contributed by atoms with Gasteiger partial charge in [0.05, 0.1) is 23.7 Å². The summed E-state index contributed by atoms with van der Waals surface area (Å²) in [6.07, 6.45) is 1.76. The fourth-order valence-electron chi connectivity index (χ4n) is 1.89. The lowest BCUT2D eigenvalue weighted by Gasteiger charge is -2.11. The number of nitro groups is 1. The first-order valence-corrected chi connectivity index (χ1v) is 6.27. The van der Waals surface area contributed by atoms with E-state index in [0.29, 0.717) is 5.56 Å². The molecule has 0 amide bonds. The van der Waals surface area contributed by atoms with E-state index in [4.69, 9.17) is 4.74 Å². The Hall–Kier alpha value is -2.15. The third-order valence-corrected chi connectivity index (χ3v) is 2.94. The largest absolute Gasteiger partial charge is 0.483 e. The zero-order valence-corrected chi connectivity index (χ0v) is 11.3. The molecule has 20 heavy (non-hydrogen) atoms. The highest BCUT2D eigenvalue weighted by atomic mass is 16.6. The highest BCUT2D eigenvalue weighted by molar-refractivity contribution is 5.91. The number of rotatable bonds is 6. The molecule has 0 radical (unpaired) electrons. The van der Waals surface area contributed by atoms with Crippen LogP contribution in [-0.2, 0) is 11.3 Å². The second-order valence-corrected chi connectivity index (χ2v) is 4.58. The number of carbonyl (C=O) groups excluding carboxylic acids is 1. The van der Waals surface area contributed by atoms with Gasteiger partial charge in [0, 0.05) is 18.2 Å². The maximum Gasteiger partial charge on any atom is 0.338 e. The van der Waals surface area contributed by atoms with Crippen molar-refractivity contribution < 1.29 is 19.2 Å². The maximum atomic E-state index is 11.6. The number of benzene rings is 1. The Kier molecular flexibility index (Phi) is 4.19. The van der Waals surface area contributed by atoms with E-state index >= 15 is 0 Å². The Morgan fingerprint density at radius 2 is 2.20 bits per heavy atom. The third-order valence-electron chi connectivity index (χ3n) is 2.94. The summed E-state index contributed by atoms with van der Waals surface area (Å²) in [6.45, 7) is 0.266. The first kappa shape index (κ1) is 14.3. The van der Waals surface area contributed by atoms with Crippen LogP contribution in [0.4, 0.5) is 5.69 Å². The number of hydrogen-bond acceptors (Lipinski definition) is 6. The molecule has 0 atom stereocenters. The molecular weight excluding hydrogens is 264 g/mol. The molecule has 7 heteroatoms. The lowest BCUT2D eigenvalue weighted by Crippen LogP contribution is -2.12. The number of carbonyl (C=O) groups is 1. The lowest BCUT2D eigenvalue weighted by molar-refractivity contribution is -0.386. The highest BCUT2D eigenvalue weighted by Gasteiger charge is 2.30. The van der Waals surface area contributed by atoms with Crippen LogP contribution in [0.5, 0.6) is 5.75 Å². The predicted molar refractivity (Wildman–Crippen MR) is 70.8 cm³/mol. The molecule has 1 aliphatic carbocycles. The number of nitro benzene ring substituents is 1. The Morgan fingerprint density at radius 1 is 1.50 bits per heavy atom. The monoisotopic (exact) mass is 280 g/mol. The van der Waals surface area contributed by atoms with Crippen molar-refractivity contribution in [3.8, 4) is 5.75 Å². The molecule has 1 saturated carbocycles. The number of nitrogens with one attached hydrogen (secondary N) is 1. The number of esters is 1. The molecule has 1 aliphatic rings. The van der Waals surface area contributed by atoms with E-state index in [1.807, 2.05) is 0 Å². The van der Waals surface area contributed by atoms with Crippen molar-refractivity contribution in [2.45, 2.75) is 25.5 Å². The van der Waals surface area contributed by atoms with Gasteiger partial charge in [-0.05, 0) is 26.0 Å². The van der Waals surface area contributed by atoms with Gasteiger partial charge in [-0.1, -0.05) is 0 Å². The van der Waals surface area contributed by atoms with Crippen LogP contribution in [0.25, 0.3) is 0 Å². The van der Waals surface area contributed by atoms with Crippen LogP contribution in [0.2, 0.25) is 0 Å². The van der Waals surface area contributed by atoms with Crippen LogP contribution >= 0.6 is 0 Å². The quantitative estimate of drug-likeness (QED) is 0.484. The van der Waals surface area contributed by atoms with Crippen LogP contribution in [0, 0.1) is 10.1 Å². The second-order valence-electron chi connectivity index (χ2n) is 4.58. The minimum Gasteiger partial charge on any atom is -0.483 e. The standard InChI is InChI=1S/C13H16N2O5/c1-14-7-9-5-8(13(16)19-2)6-11(12(9)15(17)18)20-10-3-4-10/h5-6,10,14H,3-4,7H2,1-2H3. The highest BCUT2D eigenvalue weighted by Crippen LogP contribution is 2.37. The van der Waals surface area contributed by atoms with E-state index in [2.05, 4.69) is 10.1 Å². The average molecular weight is 280 g/mol. The molecule has 0 heterocycles. The van der Waals surface area contributed by atoms with E-state index in [1.165, 1.54) is 19.2 Å². The Morgan fingerprint density at radius 3 is 2.70 bits per heavy atom. The topological polar surface area (TPSA) is 90.7 Å². The smallest absolute Gasteiger partial charge is 0.338 e. The Balaban J connectivity index is 2.50. The Labute approximate surface area is 116 Å². The third kappa shape index (κ3) is 3.05. The normalized spacial score (nSPS) is 13.9. The van der Waals surface area contributed by atoms with Gasteiger partial charge in [0.1, 0.15) is 0 Å². The summed E-state index contributed by atoms with van der Waals surface area (Å²) in [5.74, 6) is -0.413. The molecular formula is C13H16N2O5. The molecule has 0 unspecified atom stereocenters. The van der Waals surface area contributed by atoms with E-state index in [-0.39, 0.29) is 29.6 Å². The first-order chi connectivity index (χ1) is 9.56. The second kappa shape index (κ2) is 5.87. The molecule has 1 fully saturated rings. The molecule has 0 aliphatic heterocycles. The number of methoxy groups -OCH3 is 1. The van der Waals surface area contributed by atoms with Gasteiger partial charge in [-0.2, -0.15) is 0 Å². The molecule has 0 saturated heterocycles. The van der Waals surface area contributed by atoms with Crippen molar-refractivity contribution in [1.29, 1.82) is 0 Å². The predicted octanol–water partition coefficient (Wildman–Crippen LogP) is 1.64. The zero-order chi connectivity index (χ0) is 14.7. The molecule has 1 aromatic rings. The Bertz CT molecular complexity index is 540. The van der Waals surface area contributed by atoms with Crippen molar-refractivity contribution in [3.63, 3.8) is 0 Å². The van der Waals surface area contributed by atoms with Crippen molar-refractivity contribution in [2.24, 2.45) is 0 Å². The van der Waals surface area contributed by atoms with E-state index in [9.17, 15) is 14.9 Å². The van der Waals surface area contributed by atoms with Crippen LogP contribution in [0.3, 0.4) is 0 Å². The van der Waals surface area contributed by atoms with Crippen LogP contribution in [0.1, 0.15) is 28.8 Å². The molecule has 0 bridgehead atoms. The van der Waals surface area contributed by atoms with Gasteiger partial charge < -0.3 is 14.8 Å². The summed E-state index contributed by atoms with van der Waals surface area (Å²) in [5.41, 5.74) is 0.550. The number of hydrogen-bond donors (Lipinski definition) is 1. The molecule has 7 nitrogen and oxygen atoms in total. The molecule has 0 spiro atoms. The minimum absolute atomic E-state index is 0.00373. The lowest BCUT2D eigenvalue weighted by atomic mass is 10.1. The van der Waals surface area contributed by atoms with Crippen molar-refractivity contribution >= 4 is 11.7 Å². The molecule has 1 N–H and O–H groups in total. The van der Waals surface area contributed by atoms with Crippen LogP contribution in [-0.4, -0.2) is 31.2 Å². The van der Waals surface area contributed by atoms with E-state index in [1.54, 1.807) is 7.05 Å². The first-order valence-electron chi connectivity index (χ1n) is 6.27. The van der Waals surface area contributed by atoms with E-state index in [0.717, 1.165) is 12.8 Å². The minimum atomic E-state index is -0.544. The van der Waals surface area contributed by atoms with Gasteiger partial charge in [0.15, 0.2) is 5.75 Å². The fourth-order valence-corrected chi connectivity index (χ4v) is 1.89. The van der Waals surface area contributed by atoms with Crippen molar-refractivity contribution in [3.05, 3.63) is 33.4 Å². The number of ether oxygens (including phenoxy) is 2. The zero-order valence-electron chi connectivity index (χ0n) is 11.3. The summed E-state index contributed by atoms with van der Waals surface area (Å²) in [6, 6.07) is 2.83. The van der Waals surface area contributed by atoms with Gasteiger partial charge in [0.25, 0.3) is 0 Å². The van der Waals surface area contributed by atoms with E-state index < -0.39 is 10.9 Å². The molecule has 1 aromatic carbocycles. The molecule has 2 rings (SSSR count). The molecule has 108 valence electrons. The SMILES string of the molecule is CNCc1cc(C(=O)OC)cc(OC2CC2)c1[N+](=O)[O-]. The van der Waals surface area contributed by atoms with Crippen molar-refractivity contribution in [2.75, 3.05) is 14.2 Å².